The molecule has 0 N–H and O–H groups in total. The molecule has 0 spiro atoms. The molecular formula is C16H19NO2. The first-order chi connectivity index (χ1) is 9.11. The molecule has 0 fully saturated rings. The van der Waals surface area contributed by atoms with Crippen molar-refractivity contribution in [2.45, 2.75) is 19.4 Å². The molecule has 0 bridgehead atoms. The third-order valence-electron chi connectivity index (χ3n) is 3.09. The highest BCUT2D eigenvalue weighted by Crippen LogP contribution is 2.22. The summed E-state index contributed by atoms with van der Waals surface area (Å²) in [6, 6.07) is 14.0. The second-order valence-electron chi connectivity index (χ2n) is 4.76. The van der Waals surface area contributed by atoms with Gasteiger partial charge in [-0.05, 0) is 29.3 Å². The summed E-state index contributed by atoms with van der Waals surface area (Å²) in [4.78, 5) is 13.5. The maximum Gasteiger partial charge on any atom is 0.263 e. The van der Waals surface area contributed by atoms with Gasteiger partial charge < -0.3 is 9.64 Å². The predicted octanol–water partition coefficient (Wildman–Crippen LogP) is 3.09. The Morgan fingerprint density at radius 2 is 1.84 bits per heavy atom. The number of rotatable bonds is 4. The van der Waals surface area contributed by atoms with Crippen molar-refractivity contribution in [3.05, 3.63) is 42.5 Å². The van der Waals surface area contributed by atoms with Gasteiger partial charge in [-0.2, -0.15) is 0 Å². The zero-order valence-corrected chi connectivity index (χ0v) is 11.6. The van der Waals surface area contributed by atoms with Crippen LogP contribution in [0.1, 0.15) is 13.3 Å². The van der Waals surface area contributed by atoms with E-state index in [9.17, 15) is 4.79 Å². The van der Waals surface area contributed by atoms with Gasteiger partial charge >= 0.3 is 0 Å². The lowest BCUT2D eigenvalue weighted by Crippen LogP contribution is -2.37. The summed E-state index contributed by atoms with van der Waals surface area (Å²) in [5.41, 5.74) is 0. The van der Waals surface area contributed by atoms with Gasteiger partial charge in [0.25, 0.3) is 5.91 Å². The monoisotopic (exact) mass is 257 g/mol. The van der Waals surface area contributed by atoms with E-state index < -0.39 is 6.10 Å². The highest BCUT2D eigenvalue weighted by molar-refractivity contribution is 5.84. The Labute approximate surface area is 113 Å². The van der Waals surface area contributed by atoms with E-state index in [1.807, 2.05) is 43.3 Å². The standard InChI is InChI=1S/C16H19NO2/c1-4-15(16(18)17(2)3)19-14-10-9-12-7-5-6-8-13(12)11-14/h5-11,15H,4H2,1-3H3/t15-/m1/s1. The summed E-state index contributed by atoms with van der Waals surface area (Å²) in [5.74, 6) is 0.733. The van der Waals surface area contributed by atoms with E-state index in [-0.39, 0.29) is 5.91 Å². The topological polar surface area (TPSA) is 29.5 Å². The van der Waals surface area contributed by atoms with E-state index in [1.54, 1.807) is 19.0 Å². The van der Waals surface area contributed by atoms with Crippen LogP contribution in [-0.4, -0.2) is 31.0 Å². The molecule has 0 saturated heterocycles. The van der Waals surface area contributed by atoms with Crippen LogP contribution >= 0.6 is 0 Å². The largest absolute Gasteiger partial charge is 0.481 e. The van der Waals surface area contributed by atoms with Crippen molar-refractivity contribution in [3.63, 3.8) is 0 Å². The first-order valence-corrected chi connectivity index (χ1v) is 6.48. The highest BCUT2D eigenvalue weighted by atomic mass is 16.5. The van der Waals surface area contributed by atoms with E-state index >= 15 is 0 Å². The molecule has 0 aromatic heterocycles. The minimum Gasteiger partial charge on any atom is -0.481 e. The number of hydrogen-bond donors (Lipinski definition) is 0. The van der Waals surface area contributed by atoms with Crippen molar-refractivity contribution in [1.29, 1.82) is 0 Å². The molecule has 0 saturated carbocycles. The molecule has 2 aromatic carbocycles. The van der Waals surface area contributed by atoms with Gasteiger partial charge in [0, 0.05) is 14.1 Å². The third-order valence-corrected chi connectivity index (χ3v) is 3.09. The van der Waals surface area contributed by atoms with E-state index in [2.05, 4.69) is 6.07 Å². The molecule has 3 nitrogen and oxygen atoms in total. The van der Waals surface area contributed by atoms with E-state index in [4.69, 9.17) is 4.74 Å². The molecule has 19 heavy (non-hydrogen) atoms. The Morgan fingerprint density at radius 3 is 2.47 bits per heavy atom. The van der Waals surface area contributed by atoms with E-state index in [0.29, 0.717) is 6.42 Å². The quantitative estimate of drug-likeness (QED) is 0.842. The van der Waals surface area contributed by atoms with Crippen molar-refractivity contribution in [3.8, 4) is 5.75 Å². The molecule has 2 rings (SSSR count). The molecule has 0 aliphatic carbocycles. The van der Waals surface area contributed by atoms with E-state index in [1.165, 1.54) is 5.39 Å². The maximum absolute atomic E-state index is 11.9. The lowest BCUT2D eigenvalue weighted by Gasteiger charge is -2.20. The van der Waals surface area contributed by atoms with Gasteiger partial charge in [-0.25, -0.2) is 0 Å². The smallest absolute Gasteiger partial charge is 0.263 e. The molecule has 0 aliphatic heterocycles. The van der Waals surface area contributed by atoms with Crippen LogP contribution in [0.15, 0.2) is 42.5 Å². The molecular weight excluding hydrogens is 238 g/mol. The van der Waals surface area contributed by atoms with E-state index in [0.717, 1.165) is 11.1 Å². The maximum atomic E-state index is 11.9. The molecule has 1 atom stereocenters. The summed E-state index contributed by atoms with van der Waals surface area (Å²) in [6.45, 7) is 1.95. The Kier molecular flexibility index (Phi) is 4.05. The van der Waals surface area contributed by atoms with Gasteiger partial charge in [-0.15, -0.1) is 0 Å². The van der Waals surface area contributed by atoms with Crippen molar-refractivity contribution >= 4 is 16.7 Å². The SMILES string of the molecule is CC[C@@H](Oc1ccc2ccccc2c1)C(=O)N(C)C. The number of fused-ring (bicyclic) bond motifs is 1. The molecule has 0 radical (unpaired) electrons. The van der Waals surface area contributed by atoms with Gasteiger partial charge in [0.05, 0.1) is 0 Å². The van der Waals surface area contributed by atoms with Crippen LogP contribution in [0.25, 0.3) is 10.8 Å². The normalized spacial score (nSPS) is 12.2. The molecule has 0 heterocycles. The van der Waals surface area contributed by atoms with Crippen molar-refractivity contribution in [2.24, 2.45) is 0 Å². The summed E-state index contributed by atoms with van der Waals surface area (Å²) < 4.78 is 5.80. The fourth-order valence-electron chi connectivity index (χ4n) is 2.00. The number of hydrogen-bond acceptors (Lipinski definition) is 2. The lowest BCUT2D eigenvalue weighted by atomic mass is 10.1. The van der Waals surface area contributed by atoms with Crippen LogP contribution < -0.4 is 4.74 Å². The summed E-state index contributed by atoms with van der Waals surface area (Å²) >= 11 is 0. The second-order valence-corrected chi connectivity index (χ2v) is 4.76. The number of ether oxygens (including phenoxy) is 1. The summed E-state index contributed by atoms with van der Waals surface area (Å²) in [6.07, 6.45) is 0.236. The Bertz CT molecular complexity index is 578. The number of carbonyl (C=O) groups is 1. The predicted molar refractivity (Wildman–Crippen MR) is 77.3 cm³/mol. The third kappa shape index (κ3) is 3.05. The molecule has 3 heteroatoms. The summed E-state index contributed by atoms with van der Waals surface area (Å²) in [7, 11) is 3.49. The van der Waals surface area contributed by atoms with Crippen LogP contribution in [0.3, 0.4) is 0 Å². The zero-order valence-electron chi connectivity index (χ0n) is 11.6. The first-order valence-electron chi connectivity index (χ1n) is 6.48. The van der Waals surface area contributed by atoms with Gasteiger partial charge in [-0.3, -0.25) is 4.79 Å². The van der Waals surface area contributed by atoms with Crippen LogP contribution in [0.5, 0.6) is 5.75 Å². The van der Waals surface area contributed by atoms with Gasteiger partial charge in [0.15, 0.2) is 6.10 Å². The lowest BCUT2D eigenvalue weighted by molar-refractivity contribution is -0.136. The van der Waals surface area contributed by atoms with Crippen LogP contribution in [0.2, 0.25) is 0 Å². The minimum absolute atomic E-state index is 0.00402. The molecule has 0 aliphatic rings. The summed E-state index contributed by atoms with van der Waals surface area (Å²) in [5, 5.41) is 2.29. The van der Waals surface area contributed by atoms with Crippen LogP contribution in [-0.2, 0) is 4.79 Å². The van der Waals surface area contributed by atoms with Gasteiger partial charge in [0.2, 0.25) is 0 Å². The van der Waals surface area contributed by atoms with Crippen LogP contribution in [0, 0.1) is 0 Å². The average Bonchev–Trinajstić information content (AvgIpc) is 2.43. The Hall–Kier alpha value is -2.03. The molecule has 1 amide bonds. The second kappa shape index (κ2) is 5.74. The van der Waals surface area contributed by atoms with Crippen molar-refractivity contribution < 1.29 is 9.53 Å². The number of nitrogens with zero attached hydrogens (tertiary/aromatic N) is 1. The Morgan fingerprint density at radius 1 is 1.16 bits per heavy atom. The molecule has 100 valence electrons. The Balaban J connectivity index is 2.22. The average molecular weight is 257 g/mol. The molecule has 0 unspecified atom stereocenters. The van der Waals surface area contributed by atoms with Crippen molar-refractivity contribution in [2.75, 3.05) is 14.1 Å². The van der Waals surface area contributed by atoms with Crippen LogP contribution in [0.4, 0.5) is 0 Å². The van der Waals surface area contributed by atoms with Crippen molar-refractivity contribution in [1.82, 2.24) is 4.90 Å². The highest BCUT2D eigenvalue weighted by Gasteiger charge is 2.19. The van der Waals surface area contributed by atoms with Gasteiger partial charge in [-0.1, -0.05) is 37.3 Å². The fourth-order valence-corrected chi connectivity index (χ4v) is 2.00. The number of amides is 1. The zero-order chi connectivity index (χ0) is 13.8. The number of benzene rings is 2. The van der Waals surface area contributed by atoms with Gasteiger partial charge in [0.1, 0.15) is 5.75 Å². The fraction of sp³-hybridized carbons (Fsp3) is 0.312. The first kappa shape index (κ1) is 13.4. The number of carbonyl (C=O) groups excluding carboxylic acids is 1. The minimum atomic E-state index is -0.420. The number of likely N-dealkylation sites (N-methyl/N-ethyl adjacent to an activating group) is 1. The molecule has 2 aromatic rings.